The lowest BCUT2D eigenvalue weighted by Gasteiger charge is -2.13. The average molecular weight is 209 g/mol. The van der Waals surface area contributed by atoms with Gasteiger partial charge in [-0.15, -0.1) is 0 Å². The Balaban J connectivity index is 2.77. The molecule has 0 aliphatic rings. The van der Waals surface area contributed by atoms with E-state index >= 15 is 0 Å². The third-order valence-electron chi connectivity index (χ3n) is 2.08. The van der Waals surface area contributed by atoms with E-state index in [0.717, 1.165) is 24.3 Å². The second kappa shape index (κ2) is 5.50. The van der Waals surface area contributed by atoms with Gasteiger partial charge in [0, 0.05) is 6.54 Å². The summed E-state index contributed by atoms with van der Waals surface area (Å²) < 4.78 is 0. The zero-order valence-corrected chi connectivity index (χ0v) is 9.33. The Labute approximate surface area is 90.3 Å². The Kier molecular flexibility index (Phi) is 4.30. The molecule has 1 aromatic heterocycles. The van der Waals surface area contributed by atoms with Gasteiger partial charge in [0.15, 0.2) is 0 Å². The molecule has 0 aliphatic heterocycles. The number of hydrogen-bond acceptors (Lipinski definition) is 5. The van der Waals surface area contributed by atoms with Crippen molar-refractivity contribution in [1.29, 1.82) is 0 Å². The van der Waals surface area contributed by atoms with Crippen LogP contribution < -0.4 is 16.8 Å². The molecule has 0 aliphatic carbocycles. The maximum atomic E-state index is 5.55. The molecular weight excluding hydrogens is 190 g/mol. The number of anilines is 2. The Bertz CT molecular complexity index is 311. The number of nitrogen functional groups attached to an aromatic ring is 1. The zero-order chi connectivity index (χ0) is 11.3. The maximum absolute atomic E-state index is 5.55. The van der Waals surface area contributed by atoms with Crippen molar-refractivity contribution in [3.63, 3.8) is 0 Å². The summed E-state index contributed by atoms with van der Waals surface area (Å²) in [6.07, 6.45) is 2.66. The van der Waals surface area contributed by atoms with Crippen molar-refractivity contribution in [2.75, 3.05) is 24.1 Å². The fourth-order valence-corrected chi connectivity index (χ4v) is 1.31. The van der Waals surface area contributed by atoms with Gasteiger partial charge in [-0.3, -0.25) is 0 Å². The number of aromatic nitrogens is 2. The quantitative estimate of drug-likeness (QED) is 0.628. The minimum Gasteiger partial charge on any atom is -0.382 e. The molecule has 0 saturated heterocycles. The third-order valence-corrected chi connectivity index (χ3v) is 2.08. The van der Waals surface area contributed by atoms with Crippen LogP contribution in [0.2, 0.25) is 0 Å². The second-order valence-electron chi connectivity index (χ2n) is 3.75. The topological polar surface area (TPSA) is 89.8 Å². The van der Waals surface area contributed by atoms with Crippen LogP contribution in [0.25, 0.3) is 0 Å². The lowest BCUT2D eigenvalue weighted by molar-refractivity contribution is 0.810. The van der Waals surface area contributed by atoms with Crippen LogP contribution in [0.15, 0.2) is 6.20 Å². The van der Waals surface area contributed by atoms with Gasteiger partial charge in [-0.25, -0.2) is 9.97 Å². The molecule has 1 aromatic rings. The molecule has 0 spiro atoms. The monoisotopic (exact) mass is 209 g/mol. The largest absolute Gasteiger partial charge is 0.382 e. The Morgan fingerprint density at radius 1 is 1.47 bits per heavy atom. The second-order valence-corrected chi connectivity index (χ2v) is 3.75. The molecule has 0 amide bonds. The highest BCUT2D eigenvalue weighted by Gasteiger charge is 2.08. The van der Waals surface area contributed by atoms with Crippen LogP contribution in [0, 0.1) is 0 Å². The molecule has 0 aromatic carbocycles. The molecule has 0 saturated carbocycles. The highest BCUT2D eigenvalue weighted by molar-refractivity contribution is 5.49. The van der Waals surface area contributed by atoms with E-state index < -0.39 is 0 Å². The standard InChI is InChI=1S/C10H19N5/c1-7(2)9-8(13-5-3-4-11)6-14-10(12)15-9/h6-7,13H,3-5,11H2,1-2H3,(H2,12,14,15). The van der Waals surface area contributed by atoms with Crippen molar-refractivity contribution >= 4 is 11.6 Å². The molecule has 0 fully saturated rings. The minimum atomic E-state index is 0.322. The van der Waals surface area contributed by atoms with Gasteiger partial charge in [0.25, 0.3) is 0 Å². The molecule has 5 nitrogen and oxygen atoms in total. The van der Waals surface area contributed by atoms with Crippen molar-refractivity contribution < 1.29 is 0 Å². The van der Waals surface area contributed by atoms with E-state index in [9.17, 15) is 0 Å². The highest BCUT2D eigenvalue weighted by atomic mass is 15.0. The summed E-state index contributed by atoms with van der Waals surface area (Å²) in [5.74, 6) is 0.652. The van der Waals surface area contributed by atoms with Crippen LogP contribution in [-0.4, -0.2) is 23.1 Å². The van der Waals surface area contributed by atoms with Crippen molar-refractivity contribution in [3.8, 4) is 0 Å². The first kappa shape index (κ1) is 11.7. The molecule has 0 unspecified atom stereocenters. The van der Waals surface area contributed by atoms with Crippen molar-refractivity contribution in [3.05, 3.63) is 11.9 Å². The Morgan fingerprint density at radius 3 is 2.80 bits per heavy atom. The van der Waals surface area contributed by atoms with E-state index in [-0.39, 0.29) is 0 Å². The van der Waals surface area contributed by atoms with Crippen LogP contribution in [0.5, 0.6) is 0 Å². The lowest BCUT2D eigenvalue weighted by Crippen LogP contribution is -2.12. The smallest absolute Gasteiger partial charge is 0.220 e. The molecule has 0 atom stereocenters. The minimum absolute atomic E-state index is 0.322. The van der Waals surface area contributed by atoms with Gasteiger partial charge in [0.05, 0.1) is 17.6 Å². The van der Waals surface area contributed by atoms with Crippen LogP contribution in [0.4, 0.5) is 11.6 Å². The van der Waals surface area contributed by atoms with Crippen LogP contribution >= 0.6 is 0 Å². The molecule has 5 heteroatoms. The summed E-state index contributed by atoms with van der Waals surface area (Å²) in [5, 5.41) is 3.26. The van der Waals surface area contributed by atoms with Gasteiger partial charge in [0.1, 0.15) is 0 Å². The first-order valence-electron chi connectivity index (χ1n) is 5.21. The number of hydrogen-bond donors (Lipinski definition) is 3. The van der Waals surface area contributed by atoms with Crippen LogP contribution in [-0.2, 0) is 0 Å². The first-order chi connectivity index (χ1) is 7.15. The normalized spacial score (nSPS) is 10.7. The van der Waals surface area contributed by atoms with Gasteiger partial charge in [-0.05, 0) is 18.9 Å². The molecule has 1 heterocycles. The number of nitrogens with two attached hydrogens (primary N) is 2. The summed E-state index contributed by atoms with van der Waals surface area (Å²) in [5.41, 5.74) is 12.9. The number of nitrogens with one attached hydrogen (secondary N) is 1. The van der Waals surface area contributed by atoms with E-state index in [0.29, 0.717) is 18.4 Å². The van der Waals surface area contributed by atoms with E-state index in [1.807, 2.05) is 0 Å². The number of rotatable bonds is 5. The van der Waals surface area contributed by atoms with Gasteiger partial charge < -0.3 is 16.8 Å². The summed E-state index contributed by atoms with van der Waals surface area (Å²) in [4.78, 5) is 8.20. The predicted molar refractivity (Wildman–Crippen MR) is 62.7 cm³/mol. The van der Waals surface area contributed by atoms with E-state index in [1.165, 1.54) is 0 Å². The third kappa shape index (κ3) is 3.36. The van der Waals surface area contributed by atoms with Gasteiger partial charge in [-0.1, -0.05) is 13.8 Å². The summed E-state index contributed by atoms with van der Waals surface area (Å²) in [6, 6.07) is 0. The summed E-state index contributed by atoms with van der Waals surface area (Å²) in [6.45, 7) is 5.68. The van der Waals surface area contributed by atoms with Crippen molar-refractivity contribution in [1.82, 2.24) is 9.97 Å². The fraction of sp³-hybridized carbons (Fsp3) is 0.600. The fourth-order valence-electron chi connectivity index (χ4n) is 1.31. The maximum Gasteiger partial charge on any atom is 0.220 e. The predicted octanol–water partition coefficient (Wildman–Crippen LogP) is 0.943. The van der Waals surface area contributed by atoms with E-state index in [4.69, 9.17) is 11.5 Å². The number of nitrogens with zero attached hydrogens (tertiary/aromatic N) is 2. The van der Waals surface area contributed by atoms with Crippen molar-refractivity contribution in [2.24, 2.45) is 5.73 Å². The molecule has 0 radical (unpaired) electrons. The molecule has 5 N–H and O–H groups in total. The van der Waals surface area contributed by atoms with Gasteiger partial charge in [0.2, 0.25) is 5.95 Å². The lowest BCUT2D eigenvalue weighted by atomic mass is 10.1. The van der Waals surface area contributed by atoms with Crippen molar-refractivity contribution in [2.45, 2.75) is 26.2 Å². The van der Waals surface area contributed by atoms with E-state index in [1.54, 1.807) is 6.20 Å². The van der Waals surface area contributed by atoms with Gasteiger partial charge >= 0.3 is 0 Å². The average Bonchev–Trinajstić information content (AvgIpc) is 2.20. The SMILES string of the molecule is CC(C)c1nc(N)ncc1NCCCN. The first-order valence-corrected chi connectivity index (χ1v) is 5.21. The van der Waals surface area contributed by atoms with Crippen LogP contribution in [0.1, 0.15) is 31.9 Å². The zero-order valence-electron chi connectivity index (χ0n) is 9.33. The molecular formula is C10H19N5. The Hall–Kier alpha value is -1.36. The van der Waals surface area contributed by atoms with Gasteiger partial charge in [-0.2, -0.15) is 0 Å². The van der Waals surface area contributed by atoms with Crippen LogP contribution in [0.3, 0.4) is 0 Å². The molecule has 1 rings (SSSR count). The molecule has 84 valence electrons. The highest BCUT2D eigenvalue weighted by Crippen LogP contribution is 2.21. The van der Waals surface area contributed by atoms with E-state index in [2.05, 4.69) is 29.1 Å². The summed E-state index contributed by atoms with van der Waals surface area (Å²) in [7, 11) is 0. The molecule has 0 bridgehead atoms. The Morgan fingerprint density at radius 2 is 2.20 bits per heavy atom. The summed E-state index contributed by atoms with van der Waals surface area (Å²) >= 11 is 0. The molecule has 15 heavy (non-hydrogen) atoms.